The summed E-state index contributed by atoms with van der Waals surface area (Å²) < 4.78 is 4.85. The number of esters is 1. The fourth-order valence-corrected chi connectivity index (χ4v) is 2.53. The number of nitrogens with one attached hydrogen (secondary N) is 1. The molecular weight excluding hydrogens is 234 g/mol. The number of thiophene rings is 1. The second-order valence-corrected chi connectivity index (χ2v) is 5.62. The van der Waals surface area contributed by atoms with E-state index in [1.807, 2.05) is 6.07 Å². The van der Waals surface area contributed by atoms with Crippen LogP contribution < -0.4 is 5.32 Å². The Morgan fingerprint density at radius 1 is 1.47 bits per heavy atom. The third-order valence-electron chi connectivity index (χ3n) is 2.48. The van der Waals surface area contributed by atoms with Gasteiger partial charge < -0.3 is 4.74 Å². The number of methoxy groups -OCH3 is 1. The van der Waals surface area contributed by atoms with Crippen molar-refractivity contribution in [2.24, 2.45) is 5.92 Å². The molecule has 1 heterocycles. The highest BCUT2D eigenvalue weighted by atomic mass is 32.1. The standard InChI is InChI=1S/C13H21NO2S/c1-5-10-6-7-11(17-10)12(13(15)16-4)14-8-9(2)3/h6-7,9,12,14H,5,8H2,1-4H3. The minimum atomic E-state index is -0.326. The Balaban J connectivity index is 2.78. The van der Waals surface area contributed by atoms with E-state index in [1.54, 1.807) is 11.3 Å². The van der Waals surface area contributed by atoms with Crippen LogP contribution in [0, 0.1) is 5.92 Å². The molecule has 1 aromatic heterocycles. The number of ether oxygens (including phenoxy) is 1. The van der Waals surface area contributed by atoms with Crippen LogP contribution in [-0.2, 0) is 16.0 Å². The Hall–Kier alpha value is -0.870. The lowest BCUT2D eigenvalue weighted by Gasteiger charge is -2.16. The van der Waals surface area contributed by atoms with Gasteiger partial charge in [-0.05, 0) is 31.0 Å². The fourth-order valence-electron chi connectivity index (χ4n) is 1.51. The molecular formula is C13H21NO2S. The first kappa shape index (κ1) is 14.2. The molecule has 0 bridgehead atoms. The zero-order valence-corrected chi connectivity index (χ0v) is 11.8. The Labute approximate surface area is 107 Å². The summed E-state index contributed by atoms with van der Waals surface area (Å²) in [5, 5.41) is 3.26. The fraction of sp³-hybridized carbons (Fsp3) is 0.615. The molecule has 1 atom stereocenters. The molecule has 0 spiro atoms. The van der Waals surface area contributed by atoms with Crippen LogP contribution in [0.15, 0.2) is 12.1 Å². The lowest BCUT2D eigenvalue weighted by molar-refractivity contribution is -0.143. The Morgan fingerprint density at radius 3 is 2.65 bits per heavy atom. The number of carbonyl (C=O) groups is 1. The van der Waals surface area contributed by atoms with Gasteiger partial charge in [0.2, 0.25) is 0 Å². The number of rotatable bonds is 6. The summed E-state index contributed by atoms with van der Waals surface area (Å²) in [5.41, 5.74) is 0. The molecule has 96 valence electrons. The summed E-state index contributed by atoms with van der Waals surface area (Å²) in [6.45, 7) is 7.16. The van der Waals surface area contributed by atoms with Crippen molar-refractivity contribution in [3.05, 3.63) is 21.9 Å². The van der Waals surface area contributed by atoms with E-state index in [2.05, 4.69) is 32.2 Å². The van der Waals surface area contributed by atoms with Crippen LogP contribution in [0.25, 0.3) is 0 Å². The topological polar surface area (TPSA) is 38.3 Å². The van der Waals surface area contributed by atoms with Gasteiger partial charge in [-0.3, -0.25) is 5.32 Å². The molecule has 0 aliphatic rings. The van der Waals surface area contributed by atoms with E-state index in [0.29, 0.717) is 5.92 Å². The predicted octanol–water partition coefficient (Wildman–Crippen LogP) is 2.77. The summed E-state index contributed by atoms with van der Waals surface area (Å²) in [5.74, 6) is 0.294. The number of hydrogen-bond acceptors (Lipinski definition) is 4. The third-order valence-corrected chi connectivity index (χ3v) is 3.78. The molecule has 1 unspecified atom stereocenters. The van der Waals surface area contributed by atoms with Crippen LogP contribution in [0.4, 0.5) is 0 Å². The maximum absolute atomic E-state index is 11.7. The molecule has 0 fully saturated rings. The Morgan fingerprint density at radius 2 is 2.18 bits per heavy atom. The maximum atomic E-state index is 11.7. The quantitative estimate of drug-likeness (QED) is 0.794. The Kier molecular flexibility index (Phi) is 5.65. The van der Waals surface area contributed by atoms with Crippen molar-refractivity contribution < 1.29 is 9.53 Å². The van der Waals surface area contributed by atoms with E-state index in [0.717, 1.165) is 17.8 Å². The van der Waals surface area contributed by atoms with Gasteiger partial charge in [-0.1, -0.05) is 20.8 Å². The van der Waals surface area contributed by atoms with Gasteiger partial charge >= 0.3 is 5.97 Å². The third kappa shape index (κ3) is 4.13. The SMILES string of the molecule is CCc1ccc(C(NCC(C)C)C(=O)OC)s1. The molecule has 4 heteroatoms. The van der Waals surface area contributed by atoms with Crippen molar-refractivity contribution in [1.82, 2.24) is 5.32 Å². The van der Waals surface area contributed by atoms with Crippen LogP contribution in [0.3, 0.4) is 0 Å². The van der Waals surface area contributed by atoms with Gasteiger partial charge in [-0.2, -0.15) is 0 Å². The van der Waals surface area contributed by atoms with E-state index in [-0.39, 0.29) is 12.0 Å². The molecule has 0 amide bonds. The van der Waals surface area contributed by atoms with Crippen LogP contribution in [0.1, 0.15) is 36.6 Å². The first-order chi connectivity index (χ1) is 8.08. The lowest BCUT2D eigenvalue weighted by Crippen LogP contribution is -2.31. The first-order valence-corrected chi connectivity index (χ1v) is 6.80. The van der Waals surface area contributed by atoms with E-state index >= 15 is 0 Å². The molecule has 0 aromatic carbocycles. The molecule has 0 aliphatic heterocycles. The monoisotopic (exact) mass is 255 g/mol. The molecule has 17 heavy (non-hydrogen) atoms. The molecule has 1 N–H and O–H groups in total. The largest absolute Gasteiger partial charge is 0.468 e. The minimum Gasteiger partial charge on any atom is -0.468 e. The molecule has 0 radical (unpaired) electrons. The summed E-state index contributed by atoms with van der Waals surface area (Å²) in [6, 6.07) is 3.76. The number of aryl methyl sites for hydroxylation is 1. The van der Waals surface area contributed by atoms with Gasteiger partial charge in [0.15, 0.2) is 0 Å². The zero-order valence-electron chi connectivity index (χ0n) is 10.9. The van der Waals surface area contributed by atoms with Crippen molar-refractivity contribution in [2.75, 3.05) is 13.7 Å². The number of carbonyl (C=O) groups excluding carboxylic acids is 1. The van der Waals surface area contributed by atoms with Gasteiger partial charge in [0.25, 0.3) is 0 Å². The van der Waals surface area contributed by atoms with Gasteiger partial charge in [-0.25, -0.2) is 4.79 Å². The highest BCUT2D eigenvalue weighted by molar-refractivity contribution is 7.12. The lowest BCUT2D eigenvalue weighted by atomic mass is 10.2. The van der Waals surface area contributed by atoms with Crippen molar-refractivity contribution in [1.29, 1.82) is 0 Å². The number of hydrogen-bond donors (Lipinski definition) is 1. The van der Waals surface area contributed by atoms with Gasteiger partial charge in [0.1, 0.15) is 6.04 Å². The summed E-state index contributed by atoms with van der Waals surface area (Å²) in [6.07, 6.45) is 1.00. The summed E-state index contributed by atoms with van der Waals surface area (Å²) >= 11 is 1.67. The van der Waals surface area contributed by atoms with Crippen LogP contribution in [0.5, 0.6) is 0 Å². The summed E-state index contributed by atoms with van der Waals surface area (Å²) in [7, 11) is 1.43. The highest BCUT2D eigenvalue weighted by Gasteiger charge is 2.22. The smallest absolute Gasteiger partial charge is 0.328 e. The molecule has 0 saturated heterocycles. The molecule has 0 aliphatic carbocycles. The molecule has 1 rings (SSSR count). The van der Waals surface area contributed by atoms with Gasteiger partial charge in [0, 0.05) is 9.75 Å². The minimum absolute atomic E-state index is 0.213. The second kappa shape index (κ2) is 6.77. The molecule has 1 aromatic rings. The van der Waals surface area contributed by atoms with Crippen molar-refractivity contribution in [3.8, 4) is 0 Å². The van der Waals surface area contributed by atoms with Crippen LogP contribution in [0.2, 0.25) is 0 Å². The first-order valence-electron chi connectivity index (χ1n) is 5.98. The van der Waals surface area contributed by atoms with Gasteiger partial charge in [-0.15, -0.1) is 11.3 Å². The average molecular weight is 255 g/mol. The average Bonchev–Trinajstić information content (AvgIpc) is 2.77. The normalized spacial score (nSPS) is 12.8. The van der Waals surface area contributed by atoms with E-state index in [4.69, 9.17) is 4.74 Å². The van der Waals surface area contributed by atoms with Crippen LogP contribution in [-0.4, -0.2) is 19.6 Å². The van der Waals surface area contributed by atoms with Gasteiger partial charge in [0.05, 0.1) is 7.11 Å². The maximum Gasteiger partial charge on any atom is 0.328 e. The van der Waals surface area contributed by atoms with Crippen molar-refractivity contribution in [3.63, 3.8) is 0 Å². The zero-order chi connectivity index (χ0) is 12.8. The van der Waals surface area contributed by atoms with Crippen molar-refractivity contribution >= 4 is 17.3 Å². The highest BCUT2D eigenvalue weighted by Crippen LogP contribution is 2.24. The Bertz CT molecular complexity index is 360. The van der Waals surface area contributed by atoms with E-state index in [9.17, 15) is 4.79 Å². The summed E-state index contributed by atoms with van der Waals surface area (Å²) in [4.78, 5) is 14.1. The van der Waals surface area contributed by atoms with Crippen LogP contribution >= 0.6 is 11.3 Å². The van der Waals surface area contributed by atoms with E-state index in [1.165, 1.54) is 12.0 Å². The molecule has 3 nitrogen and oxygen atoms in total. The van der Waals surface area contributed by atoms with E-state index < -0.39 is 0 Å². The predicted molar refractivity (Wildman–Crippen MR) is 71.3 cm³/mol. The second-order valence-electron chi connectivity index (χ2n) is 4.42. The molecule has 0 saturated carbocycles. The van der Waals surface area contributed by atoms with Crippen molar-refractivity contribution in [2.45, 2.75) is 33.2 Å².